The first-order valence-corrected chi connectivity index (χ1v) is 7.66. The van der Waals surface area contributed by atoms with E-state index >= 15 is 0 Å². The van der Waals surface area contributed by atoms with Crippen molar-refractivity contribution in [3.63, 3.8) is 0 Å². The minimum absolute atomic E-state index is 0.325. The van der Waals surface area contributed by atoms with E-state index in [2.05, 4.69) is 20.8 Å². The van der Waals surface area contributed by atoms with E-state index < -0.39 is 0 Å². The molecule has 0 aliphatic carbocycles. The maximum absolute atomic E-state index is 7.49. The molecule has 116 valence electrons. The second-order valence-corrected chi connectivity index (χ2v) is 5.02. The van der Waals surface area contributed by atoms with Gasteiger partial charge in [0.05, 0.1) is 13.3 Å². The van der Waals surface area contributed by atoms with Crippen LogP contribution in [0.3, 0.4) is 0 Å². The zero-order valence-corrected chi connectivity index (χ0v) is 13.5. The number of aromatic nitrogens is 1. The Morgan fingerprint density at radius 2 is 1.85 bits per heavy atom. The Balaban J connectivity index is 0.000000396. The van der Waals surface area contributed by atoms with Gasteiger partial charge in [-0.2, -0.15) is 0 Å². The highest BCUT2D eigenvalue weighted by Gasteiger charge is 1.96. The first kappa shape index (κ1) is 18.7. The summed E-state index contributed by atoms with van der Waals surface area (Å²) >= 11 is 0. The number of rotatable bonds is 7. The molecule has 0 spiro atoms. The Bertz CT molecular complexity index is 395. The van der Waals surface area contributed by atoms with Crippen LogP contribution in [0.1, 0.15) is 53.4 Å². The maximum atomic E-state index is 7.49. The molecule has 1 heterocycles. The van der Waals surface area contributed by atoms with Gasteiger partial charge in [0.15, 0.2) is 0 Å². The smallest absolute Gasteiger partial charge is 0.129 e. The molecule has 1 aromatic rings. The SMILES string of the molecule is CCCC(C)CCC.CCOc1ccn(CN)c(=N)c1. The molecule has 20 heavy (non-hydrogen) atoms. The van der Waals surface area contributed by atoms with Crippen molar-refractivity contribution in [2.45, 2.75) is 60.0 Å². The van der Waals surface area contributed by atoms with Gasteiger partial charge in [0, 0.05) is 12.3 Å². The van der Waals surface area contributed by atoms with E-state index in [1.54, 1.807) is 22.9 Å². The predicted molar refractivity (Wildman–Crippen MR) is 84.6 cm³/mol. The van der Waals surface area contributed by atoms with Gasteiger partial charge in [0.25, 0.3) is 0 Å². The van der Waals surface area contributed by atoms with Gasteiger partial charge in [-0.1, -0.05) is 46.5 Å². The number of nitrogens with zero attached hydrogens (tertiary/aromatic N) is 1. The highest BCUT2D eigenvalue weighted by atomic mass is 16.5. The van der Waals surface area contributed by atoms with Crippen molar-refractivity contribution in [3.05, 3.63) is 23.8 Å². The van der Waals surface area contributed by atoms with Crippen molar-refractivity contribution in [2.24, 2.45) is 11.7 Å². The molecule has 0 atom stereocenters. The number of nitrogens with two attached hydrogens (primary N) is 1. The summed E-state index contributed by atoms with van der Waals surface area (Å²) < 4.78 is 6.84. The molecule has 0 radical (unpaired) electrons. The van der Waals surface area contributed by atoms with E-state index in [4.69, 9.17) is 15.9 Å². The largest absolute Gasteiger partial charge is 0.494 e. The van der Waals surface area contributed by atoms with Crippen LogP contribution < -0.4 is 16.0 Å². The van der Waals surface area contributed by atoms with Crippen molar-refractivity contribution < 1.29 is 4.74 Å². The molecule has 0 aliphatic heterocycles. The molecule has 3 N–H and O–H groups in total. The van der Waals surface area contributed by atoms with Crippen LogP contribution in [0.25, 0.3) is 0 Å². The summed E-state index contributed by atoms with van der Waals surface area (Å²) in [6.07, 6.45) is 7.26. The summed E-state index contributed by atoms with van der Waals surface area (Å²) in [4.78, 5) is 0. The Hall–Kier alpha value is -1.29. The monoisotopic (exact) mass is 281 g/mol. The van der Waals surface area contributed by atoms with Gasteiger partial charge < -0.3 is 15.0 Å². The molecule has 0 fully saturated rings. The van der Waals surface area contributed by atoms with Crippen molar-refractivity contribution in [1.82, 2.24) is 4.57 Å². The summed E-state index contributed by atoms with van der Waals surface area (Å²) in [6.45, 7) is 9.70. The van der Waals surface area contributed by atoms with Crippen LogP contribution in [0, 0.1) is 11.3 Å². The van der Waals surface area contributed by atoms with E-state index in [0.717, 1.165) is 5.92 Å². The van der Waals surface area contributed by atoms with Crippen molar-refractivity contribution >= 4 is 0 Å². The van der Waals surface area contributed by atoms with Crippen LogP contribution in [0.5, 0.6) is 5.75 Å². The Kier molecular flexibility index (Phi) is 10.8. The molecular weight excluding hydrogens is 250 g/mol. The lowest BCUT2D eigenvalue weighted by atomic mass is 10.0. The predicted octanol–water partition coefficient (Wildman–Crippen LogP) is 3.51. The van der Waals surface area contributed by atoms with E-state index in [0.29, 0.717) is 24.5 Å². The molecule has 0 aliphatic rings. The summed E-state index contributed by atoms with van der Waals surface area (Å²) in [5, 5.41) is 7.49. The zero-order valence-electron chi connectivity index (χ0n) is 13.5. The average Bonchev–Trinajstić information content (AvgIpc) is 2.41. The molecule has 0 amide bonds. The third-order valence-electron chi connectivity index (χ3n) is 3.08. The average molecular weight is 281 g/mol. The summed E-state index contributed by atoms with van der Waals surface area (Å²) in [5.41, 5.74) is 5.74. The summed E-state index contributed by atoms with van der Waals surface area (Å²) in [6, 6.07) is 3.45. The molecule has 0 saturated carbocycles. The van der Waals surface area contributed by atoms with Gasteiger partial charge in [-0.3, -0.25) is 5.41 Å². The van der Waals surface area contributed by atoms with Crippen LogP contribution in [0.15, 0.2) is 18.3 Å². The quantitative estimate of drug-likeness (QED) is 0.803. The van der Waals surface area contributed by atoms with Crippen LogP contribution in [0.4, 0.5) is 0 Å². The molecule has 4 heteroatoms. The second-order valence-electron chi connectivity index (χ2n) is 5.02. The van der Waals surface area contributed by atoms with Crippen LogP contribution in [-0.2, 0) is 6.67 Å². The Morgan fingerprint density at radius 3 is 2.25 bits per heavy atom. The lowest BCUT2D eigenvalue weighted by Crippen LogP contribution is -2.22. The van der Waals surface area contributed by atoms with Gasteiger partial charge in [-0.15, -0.1) is 0 Å². The fourth-order valence-electron chi connectivity index (χ4n) is 2.06. The highest BCUT2D eigenvalue weighted by Crippen LogP contribution is 2.10. The standard InChI is InChI=1S/C8H13N3O.C8H18/c1-2-12-7-3-4-11(6-9)8(10)5-7;1-4-6-8(3)7-5-2/h3-5,10H,2,6,9H2,1H3;8H,4-7H2,1-3H3. The Morgan fingerprint density at radius 1 is 1.25 bits per heavy atom. The Labute approximate surface area is 123 Å². The van der Waals surface area contributed by atoms with Crippen molar-refractivity contribution in [3.8, 4) is 5.75 Å². The topological polar surface area (TPSA) is 64.0 Å². The van der Waals surface area contributed by atoms with Crippen molar-refractivity contribution in [1.29, 1.82) is 5.41 Å². The van der Waals surface area contributed by atoms with Gasteiger partial charge in [-0.05, 0) is 18.9 Å². The van der Waals surface area contributed by atoms with Crippen molar-refractivity contribution in [2.75, 3.05) is 6.61 Å². The summed E-state index contributed by atoms with van der Waals surface area (Å²) in [5.74, 6) is 1.68. The molecule has 1 rings (SSSR count). The first-order chi connectivity index (χ1) is 9.58. The van der Waals surface area contributed by atoms with Gasteiger partial charge >= 0.3 is 0 Å². The van der Waals surface area contributed by atoms with Gasteiger partial charge in [0.2, 0.25) is 0 Å². The molecule has 1 aromatic heterocycles. The zero-order chi connectivity index (χ0) is 15.4. The van der Waals surface area contributed by atoms with Gasteiger partial charge in [0.1, 0.15) is 11.2 Å². The first-order valence-electron chi connectivity index (χ1n) is 7.66. The number of ether oxygens (including phenoxy) is 1. The van der Waals surface area contributed by atoms with Crippen LogP contribution >= 0.6 is 0 Å². The molecular formula is C16H31N3O. The minimum Gasteiger partial charge on any atom is -0.494 e. The molecule has 4 nitrogen and oxygen atoms in total. The normalized spacial score (nSPS) is 10.1. The lowest BCUT2D eigenvalue weighted by Gasteiger charge is -2.05. The highest BCUT2D eigenvalue weighted by molar-refractivity contribution is 5.17. The van der Waals surface area contributed by atoms with E-state index in [-0.39, 0.29) is 0 Å². The third kappa shape index (κ3) is 8.00. The molecule has 0 aromatic carbocycles. The molecule has 0 saturated heterocycles. The van der Waals surface area contributed by atoms with E-state index in [9.17, 15) is 0 Å². The second kappa shape index (κ2) is 11.5. The number of hydrogen-bond donors (Lipinski definition) is 2. The maximum Gasteiger partial charge on any atom is 0.129 e. The van der Waals surface area contributed by atoms with Gasteiger partial charge in [-0.25, -0.2) is 0 Å². The molecule has 0 unspecified atom stereocenters. The minimum atomic E-state index is 0.325. The third-order valence-corrected chi connectivity index (χ3v) is 3.08. The number of pyridine rings is 1. The fourth-order valence-corrected chi connectivity index (χ4v) is 2.06. The molecule has 0 bridgehead atoms. The summed E-state index contributed by atoms with van der Waals surface area (Å²) in [7, 11) is 0. The van der Waals surface area contributed by atoms with E-state index in [1.807, 2.05) is 6.92 Å². The van der Waals surface area contributed by atoms with E-state index in [1.165, 1.54) is 25.7 Å². The lowest BCUT2D eigenvalue weighted by molar-refractivity contribution is 0.338. The fraction of sp³-hybridized carbons (Fsp3) is 0.688. The number of hydrogen-bond acceptors (Lipinski definition) is 3. The van der Waals surface area contributed by atoms with Crippen LogP contribution in [0.2, 0.25) is 0 Å². The van der Waals surface area contributed by atoms with Crippen LogP contribution in [-0.4, -0.2) is 11.2 Å². The number of nitrogens with one attached hydrogen (secondary N) is 1.